The van der Waals surface area contributed by atoms with Gasteiger partial charge in [0.15, 0.2) is 11.6 Å². The van der Waals surface area contributed by atoms with Crippen molar-refractivity contribution in [1.82, 2.24) is 14.8 Å². The van der Waals surface area contributed by atoms with Crippen LogP contribution in [0.4, 0.5) is 8.78 Å². The average molecular weight is 423 g/mol. The zero-order valence-electron chi connectivity index (χ0n) is 17.3. The summed E-state index contributed by atoms with van der Waals surface area (Å²) in [6.45, 7) is 4.15. The first-order valence-electron chi connectivity index (χ1n) is 10.5. The molecular weight excluding hydrogens is 400 g/mol. The zero-order chi connectivity index (χ0) is 21.9. The van der Waals surface area contributed by atoms with Gasteiger partial charge in [0.05, 0.1) is 23.1 Å². The maximum Gasteiger partial charge on any atom is 0.306 e. The van der Waals surface area contributed by atoms with Gasteiger partial charge >= 0.3 is 5.97 Å². The predicted octanol–water partition coefficient (Wildman–Crippen LogP) is 5.88. The number of aromatic amines is 1. The van der Waals surface area contributed by atoms with Crippen molar-refractivity contribution < 1.29 is 18.7 Å². The Morgan fingerprint density at radius 3 is 2.68 bits per heavy atom. The lowest BCUT2D eigenvalue weighted by molar-refractivity contribution is -0.141. The number of aliphatic carboxylic acids is 1. The number of carboxylic acid groups (broad SMARTS) is 1. The number of benzene rings is 2. The fraction of sp³-hybridized carbons (Fsp3) is 0.333. The Morgan fingerprint density at radius 1 is 1.19 bits per heavy atom. The lowest BCUT2D eigenvalue weighted by Gasteiger charge is -2.18. The third-order valence-corrected chi connectivity index (χ3v) is 6.50. The summed E-state index contributed by atoms with van der Waals surface area (Å²) in [7, 11) is 0. The topological polar surface area (TPSA) is 70.9 Å². The monoisotopic (exact) mass is 423 g/mol. The summed E-state index contributed by atoms with van der Waals surface area (Å²) in [5.74, 6) is -2.71. The van der Waals surface area contributed by atoms with Crippen molar-refractivity contribution in [2.45, 2.75) is 44.9 Å². The second-order valence-corrected chi connectivity index (χ2v) is 8.76. The first-order valence-corrected chi connectivity index (χ1v) is 10.5. The quantitative estimate of drug-likeness (QED) is 0.431. The van der Waals surface area contributed by atoms with Crippen molar-refractivity contribution in [3.8, 4) is 5.69 Å². The zero-order valence-corrected chi connectivity index (χ0v) is 17.3. The van der Waals surface area contributed by atoms with E-state index in [1.54, 1.807) is 12.3 Å². The number of carbonyl (C=O) groups is 1. The van der Waals surface area contributed by atoms with Crippen LogP contribution in [0.1, 0.15) is 56.2 Å². The molecule has 5 nitrogen and oxygen atoms in total. The number of fused-ring (bicyclic) bond motifs is 2. The standard InChI is InChI=1S/C24H23F2N3O2/c1-12(2)23-22(13-3-4-14(7-13)24(30)31)17-10-20-15(11-27-28-20)8-21(17)29(23)16-5-6-18(25)19(26)9-16/h5-6,8-14H,3-4,7H2,1-2H3,(H,27,28)(H,30,31). The Hall–Kier alpha value is -3.22. The highest BCUT2D eigenvalue weighted by Crippen LogP contribution is 2.47. The molecule has 0 saturated heterocycles. The third kappa shape index (κ3) is 3.10. The Morgan fingerprint density at radius 2 is 2.00 bits per heavy atom. The Bertz CT molecular complexity index is 1320. The van der Waals surface area contributed by atoms with Crippen LogP contribution in [0.3, 0.4) is 0 Å². The van der Waals surface area contributed by atoms with E-state index in [1.165, 1.54) is 6.07 Å². The van der Waals surface area contributed by atoms with Crippen molar-refractivity contribution in [1.29, 1.82) is 0 Å². The SMILES string of the molecule is CC(C)c1c(C2CCC(C(=O)O)C2)c2cc3[nH]ncc3cc2n1-c1ccc(F)c(F)c1. The molecule has 2 atom stereocenters. The molecule has 0 radical (unpaired) electrons. The summed E-state index contributed by atoms with van der Waals surface area (Å²) in [6, 6.07) is 8.00. The van der Waals surface area contributed by atoms with Gasteiger partial charge in [0.1, 0.15) is 0 Å². The molecule has 0 bridgehead atoms. The number of hydrogen-bond donors (Lipinski definition) is 2. The van der Waals surface area contributed by atoms with E-state index < -0.39 is 17.6 Å². The predicted molar refractivity (Wildman–Crippen MR) is 115 cm³/mol. The van der Waals surface area contributed by atoms with Gasteiger partial charge in [0, 0.05) is 28.2 Å². The molecule has 160 valence electrons. The van der Waals surface area contributed by atoms with Gasteiger partial charge in [-0.3, -0.25) is 9.89 Å². The molecule has 4 aromatic rings. The minimum absolute atomic E-state index is 0.0907. The van der Waals surface area contributed by atoms with Crippen LogP contribution in [0.15, 0.2) is 36.5 Å². The number of carboxylic acids is 1. The molecule has 0 amide bonds. The number of halogens is 2. The van der Waals surface area contributed by atoms with E-state index in [0.717, 1.165) is 45.6 Å². The van der Waals surface area contributed by atoms with E-state index in [-0.39, 0.29) is 17.8 Å². The van der Waals surface area contributed by atoms with Gasteiger partial charge in [-0.1, -0.05) is 13.8 Å². The number of nitrogens with zero attached hydrogens (tertiary/aromatic N) is 2. The van der Waals surface area contributed by atoms with Gasteiger partial charge < -0.3 is 9.67 Å². The van der Waals surface area contributed by atoms with Crippen LogP contribution in [-0.2, 0) is 4.79 Å². The maximum absolute atomic E-state index is 14.2. The van der Waals surface area contributed by atoms with Gasteiger partial charge in [-0.2, -0.15) is 5.10 Å². The summed E-state index contributed by atoms with van der Waals surface area (Å²) < 4.78 is 29.9. The molecule has 5 rings (SSSR count). The van der Waals surface area contributed by atoms with Gasteiger partial charge in [-0.25, -0.2) is 8.78 Å². The van der Waals surface area contributed by atoms with Crippen molar-refractivity contribution >= 4 is 27.8 Å². The maximum atomic E-state index is 14.2. The minimum Gasteiger partial charge on any atom is -0.481 e. The number of hydrogen-bond acceptors (Lipinski definition) is 2. The molecule has 2 heterocycles. The fourth-order valence-corrected chi connectivity index (χ4v) is 5.14. The highest BCUT2D eigenvalue weighted by molar-refractivity contribution is 5.99. The van der Waals surface area contributed by atoms with E-state index >= 15 is 0 Å². The molecule has 2 N–H and O–H groups in total. The molecule has 0 spiro atoms. The van der Waals surface area contributed by atoms with Crippen LogP contribution in [0, 0.1) is 17.6 Å². The smallest absolute Gasteiger partial charge is 0.306 e. The second-order valence-electron chi connectivity index (χ2n) is 8.76. The first kappa shape index (κ1) is 19.7. The molecule has 1 fully saturated rings. The van der Waals surface area contributed by atoms with Crippen LogP contribution in [0.2, 0.25) is 0 Å². The van der Waals surface area contributed by atoms with E-state index in [1.807, 2.05) is 16.7 Å². The number of aromatic nitrogens is 3. The highest BCUT2D eigenvalue weighted by Gasteiger charge is 2.35. The van der Waals surface area contributed by atoms with E-state index in [4.69, 9.17) is 0 Å². The summed E-state index contributed by atoms with van der Waals surface area (Å²) in [4.78, 5) is 11.6. The minimum atomic E-state index is -0.896. The lowest BCUT2D eigenvalue weighted by atomic mass is 9.90. The fourth-order valence-electron chi connectivity index (χ4n) is 5.14. The van der Waals surface area contributed by atoms with E-state index in [2.05, 4.69) is 24.0 Å². The normalized spacial score (nSPS) is 19.1. The molecule has 31 heavy (non-hydrogen) atoms. The largest absolute Gasteiger partial charge is 0.481 e. The Labute approximate surface area is 177 Å². The van der Waals surface area contributed by atoms with E-state index in [0.29, 0.717) is 18.5 Å². The summed E-state index contributed by atoms with van der Waals surface area (Å²) >= 11 is 0. The molecular formula is C24H23F2N3O2. The van der Waals surface area contributed by atoms with E-state index in [9.17, 15) is 18.7 Å². The second kappa shape index (κ2) is 7.18. The van der Waals surface area contributed by atoms with Crippen LogP contribution in [0.25, 0.3) is 27.5 Å². The van der Waals surface area contributed by atoms with Gasteiger partial charge in [0.2, 0.25) is 0 Å². The summed E-state index contributed by atoms with van der Waals surface area (Å²) in [5, 5.41) is 18.6. The average Bonchev–Trinajstić information content (AvgIpc) is 3.44. The Balaban J connectivity index is 1.83. The van der Waals surface area contributed by atoms with Crippen LogP contribution < -0.4 is 0 Å². The van der Waals surface area contributed by atoms with Crippen molar-refractivity contribution in [2.24, 2.45) is 5.92 Å². The van der Waals surface area contributed by atoms with Crippen LogP contribution >= 0.6 is 0 Å². The lowest BCUT2D eigenvalue weighted by Crippen LogP contribution is -2.10. The summed E-state index contributed by atoms with van der Waals surface area (Å²) in [5.41, 5.74) is 4.44. The Kier molecular flexibility index (Phi) is 4.57. The number of rotatable bonds is 4. The summed E-state index contributed by atoms with van der Waals surface area (Å²) in [6.07, 6.45) is 3.74. The molecule has 2 unspecified atom stereocenters. The molecule has 1 aliphatic carbocycles. The third-order valence-electron chi connectivity index (χ3n) is 6.50. The van der Waals surface area contributed by atoms with Gasteiger partial charge in [-0.05, 0) is 60.9 Å². The molecule has 2 aromatic carbocycles. The highest BCUT2D eigenvalue weighted by atomic mass is 19.2. The molecule has 0 aliphatic heterocycles. The van der Waals surface area contributed by atoms with Crippen molar-refractivity contribution in [3.05, 3.63) is 59.4 Å². The molecule has 1 saturated carbocycles. The van der Waals surface area contributed by atoms with Gasteiger partial charge in [0.25, 0.3) is 0 Å². The van der Waals surface area contributed by atoms with Crippen LogP contribution in [0.5, 0.6) is 0 Å². The molecule has 1 aliphatic rings. The first-order chi connectivity index (χ1) is 14.8. The van der Waals surface area contributed by atoms with Crippen molar-refractivity contribution in [2.75, 3.05) is 0 Å². The number of H-pyrrole nitrogens is 1. The van der Waals surface area contributed by atoms with Crippen LogP contribution in [-0.4, -0.2) is 25.8 Å². The van der Waals surface area contributed by atoms with Crippen molar-refractivity contribution in [3.63, 3.8) is 0 Å². The molecule has 7 heteroatoms. The molecule has 2 aromatic heterocycles. The number of nitrogens with one attached hydrogen (secondary N) is 1. The van der Waals surface area contributed by atoms with Gasteiger partial charge in [-0.15, -0.1) is 0 Å².